The van der Waals surface area contributed by atoms with Crippen LogP contribution < -0.4 is 4.74 Å². The molecule has 2 aromatic carbocycles. The summed E-state index contributed by atoms with van der Waals surface area (Å²) in [5.74, 6) is -0.958. The molecule has 0 unspecified atom stereocenters. The van der Waals surface area contributed by atoms with Gasteiger partial charge in [0.1, 0.15) is 5.82 Å². The predicted octanol–water partition coefficient (Wildman–Crippen LogP) is 8.86. The molecule has 1 nitrogen and oxygen atoms in total. The maximum atomic E-state index is 14.9. The first-order chi connectivity index (χ1) is 15.7. The fourth-order valence-corrected chi connectivity index (χ4v) is 5.18. The number of allylic oxidation sites excluding steroid dienone is 1. The second-order valence-electron chi connectivity index (χ2n) is 9.36. The van der Waals surface area contributed by atoms with Gasteiger partial charge in [0.15, 0.2) is 11.6 Å². The normalized spacial score (nSPS) is 20.8. The second kappa shape index (κ2) is 9.86. The Morgan fingerprint density at radius 1 is 0.909 bits per heavy atom. The Morgan fingerprint density at radius 2 is 1.64 bits per heavy atom. The molecule has 0 atom stereocenters. The smallest absolute Gasteiger partial charge is 0.403 e. The molecule has 0 saturated heterocycles. The third kappa shape index (κ3) is 5.96. The van der Waals surface area contributed by atoms with E-state index in [1.165, 1.54) is 56.2 Å². The third-order valence-electron chi connectivity index (χ3n) is 7.19. The molecular weight excluding hydrogens is 435 g/mol. The minimum absolute atomic E-state index is 0.177. The van der Waals surface area contributed by atoms with Crippen molar-refractivity contribution in [2.45, 2.75) is 71.1 Å². The van der Waals surface area contributed by atoms with Crippen molar-refractivity contribution in [3.05, 3.63) is 58.7 Å². The Bertz CT molecular complexity index is 1020. The molecule has 4 rings (SSSR count). The van der Waals surface area contributed by atoms with Crippen molar-refractivity contribution in [2.24, 2.45) is 11.8 Å². The number of rotatable bonds is 6. The minimum atomic E-state index is -4.99. The minimum Gasteiger partial charge on any atom is -0.403 e. The number of halogens is 5. The van der Waals surface area contributed by atoms with Gasteiger partial charge < -0.3 is 4.74 Å². The summed E-state index contributed by atoms with van der Waals surface area (Å²) in [6.07, 6.45) is 7.56. The lowest BCUT2D eigenvalue weighted by atomic mass is 9.78. The van der Waals surface area contributed by atoms with E-state index in [1.54, 1.807) is 6.07 Å². The van der Waals surface area contributed by atoms with Gasteiger partial charge in [0, 0.05) is 5.56 Å². The highest BCUT2D eigenvalue weighted by Crippen LogP contribution is 2.37. The summed E-state index contributed by atoms with van der Waals surface area (Å²) in [5, 5.41) is 0. The van der Waals surface area contributed by atoms with Gasteiger partial charge in [0.2, 0.25) is 0 Å². The number of fused-ring (bicyclic) bond motifs is 1. The molecule has 0 N–H and O–H groups in total. The summed E-state index contributed by atoms with van der Waals surface area (Å²) in [4.78, 5) is 0. The molecule has 0 spiro atoms. The first kappa shape index (κ1) is 23.8. The van der Waals surface area contributed by atoms with Crippen LogP contribution in [0.25, 0.3) is 17.2 Å². The van der Waals surface area contributed by atoms with E-state index in [0.29, 0.717) is 0 Å². The number of alkyl halides is 3. The summed E-state index contributed by atoms with van der Waals surface area (Å²) in [6.45, 7) is 2.27. The van der Waals surface area contributed by atoms with E-state index >= 15 is 0 Å². The van der Waals surface area contributed by atoms with Crippen LogP contribution in [-0.2, 0) is 6.42 Å². The molecule has 1 saturated carbocycles. The fraction of sp³-hybridized carbons (Fsp3) is 0.481. The van der Waals surface area contributed by atoms with Gasteiger partial charge in [0.25, 0.3) is 0 Å². The summed E-state index contributed by atoms with van der Waals surface area (Å²) in [5.41, 5.74) is 3.50. The molecule has 0 aromatic heterocycles. The molecule has 0 radical (unpaired) electrons. The summed E-state index contributed by atoms with van der Waals surface area (Å²) >= 11 is 0. The number of ether oxygens (including phenoxy) is 1. The Labute approximate surface area is 191 Å². The number of benzene rings is 2. The van der Waals surface area contributed by atoms with Crippen LogP contribution in [0.4, 0.5) is 22.0 Å². The van der Waals surface area contributed by atoms with E-state index in [4.69, 9.17) is 0 Å². The molecule has 6 heteroatoms. The van der Waals surface area contributed by atoms with E-state index in [-0.39, 0.29) is 11.1 Å². The Hall–Kier alpha value is -2.37. The van der Waals surface area contributed by atoms with E-state index in [1.807, 2.05) is 0 Å². The molecule has 0 bridgehead atoms. The van der Waals surface area contributed by atoms with Crippen LogP contribution in [-0.4, -0.2) is 6.36 Å². The van der Waals surface area contributed by atoms with Crippen molar-refractivity contribution in [1.82, 2.24) is 0 Å². The predicted molar refractivity (Wildman–Crippen MR) is 120 cm³/mol. The molecule has 2 aliphatic carbocycles. The zero-order valence-corrected chi connectivity index (χ0v) is 18.8. The van der Waals surface area contributed by atoms with Crippen molar-refractivity contribution in [1.29, 1.82) is 0 Å². The van der Waals surface area contributed by atoms with E-state index in [9.17, 15) is 22.0 Å². The number of hydrogen-bond acceptors (Lipinski definition) is 1. The molecule has 33 heavy (non-hydrogen) atoms. The zero-order valence-electron chi connectivity index (χ0n) is 18.8. The van der Waals surface area contributed by atoms with Crippen LogP contribution in [0, 0.1) is 23.5 Å². The maximum absolute atomic E-state index is 14.9. The first-order valence-corrected chi connectivity index (χ1v) is 11.8. The topological polar surface area (TPSA) is 9.23 Å². The van der Waals surface area contributed by atoms with Crippen molar-refractivity contribution < 1.29 is 26.7 Å². The van der Waals surface area contributed by atoms with Crippen molar-refractivity contribution in [3.63, 3.8) is 0 Å². The van der Waals surface area contributed by atoms with Gasteiger partial charge in [-0.3, -0.25) is 0 Å². The summed E-state index contributed by atoms with van der Waals surface area (Å²) < 4.78 is 69.7. The van der Waals surface area contributed by atoms with Crippen LogP contribution >= 0.6 is 0 Å². The Morgan fingerprint density at radius 3 is 2.30 bits per heavy atom. The summed E-state index contributed by atoms with van der Waals surface area (Å²) in [7, 11) is 0. The monoisotopic (exact) mass is 464 g/mol. The van der Waals surface area contributed by atoms with Crippen molar-refractivity contribution in [2.75, 3.05) is 0 Å². The number of hydrogen-bond donors (Lipinski definition) is 0. The highest BCUT2D eigenvalue weighted by Gasteiger charge is 2.32. The van der Waals surface area contributed by atoms with E-state index in [2.05, 4.69) is 17.7 Å². The molecule has 178 valence electrons. The number of aryl methyl sites for hydroxylation is 1. The van der Waals surface area contributed by atoms with Gasteiger partial charge in [-0.25, -0.2) is 8.78 Å². The van der Waals surface area contributed by atoms with Crippen LogP contribution in [0.2, 0.25) is 0 Å². The quantitative estimate of drug-likeness (QED) is 0.388. The molecule has 0 heterocycles. The van der Waals surface area contributed by atoms with E-state index in [0.717, 1.165) is 54.4 Å². The fourth-order valence-electron chi connectivity index (χ4n) is 5.18. The Kier molecular flexibility index (Phi) is 7.10. The highest BCUT2D eigenvalue weighted by molar-refractivity contribution is 5.71. The lowest BCUT2D eigenvalue weighted by Gasteiger charge is -2.28. The van der Waals surface area contributed by atoms with Gasteiger partial charge in [0.05, 0.1) is 0 Å². The highest BCUT2D eigenvalue weighted by atomic mass is 19.4. The lowest BCUT2D eigenvalue weighted by Crippen LogP contribution is -2.17. The largest absolute Gasteiger partial charge is 0.573 e. The molecule has 0 aliphatic heterocycles. The Balaban J connectivity index is 1.46. The van der Waals surface area contributed by atoms with Gasteiger partial charge in [-0.2, -0.15) is 0 Å². The average molecular weight is 465 g/mol. The summed E-state index contributed by atoms with van der Waals surface area (Å²) in [6, 6.07) is 6.13. The third-order valence-corrected chi connectivity index (χ3v) is 7.19. The maximum Gasteiger partial charge on any atom is 0.573 e. The van der Waals surface area contributed by atoms with Gasteiger partial charge in [-0.15, -0.1) is 13.2 Å². The van der Waals surface area contributed by atoms with Gasteiger partial charge in [-0.05, 0) is 78.5 Å². The van der Waals surface area contributed by atoms with Crippen LogP contribution in [0.1, 0.15) is 69.4 Å². The first-order valence-electron chi connectivity index (χ1n) is 11.8. The molecular formula is C27H29F5O. The molecule has 2 aromatic rings. The van der Waals surface area contributed by atoms with Crippen LogP contribution in [0.15, 0.2) is 35.9 Å². The second-order valence-corrected chi connectivity index (χ2v) is 9.36. The zero-order chi connectivity index (χ0) is 23.6. The standard InChI is InChI=1S/C27H29F5O/c1-2-17-3-5-18(6-4-17)7-8-19-9-10-20-14-23(24(28)16-22(20)13-19)21-11-12-26(25(29)15-21)33-27(30,31)32/h11-18H,2-10H2,1H3. The van der Waals surface area contributed by atoms with Gasteiger partial charge >= 0.3 is 6.36 Å². The lowest BCUT2D eigenvalue weighted by molar-refractivity contribution is -0.275. The van der Waals surface area contributed by atoms with Gasteiger partial charge in [-0.1, -0.05) is 56.7 Å². The van der Waals surface area contributed by atoms with Crippen molar-refractivity contribution in [3.8, 4) is 16.9 Å². The molecule has 2 aliphatic rings. The molecule has 1 fully saturated rings. The SMILES string of the molecule is CCC1CCC(CCC2=Cc3cc(F)c(-c4ccc(OC(F)(F)F)c(F)c4)cc3CC2)CC1. The van der Waals surface area contributed by atoms with E-state index < -0.39 is 23.7 Å². The average Bonchev–Trinajstić information content (AvgIpc) is 2.78. The molecule has 0 amide bonds. The van der Waals surface area contributed by atoms with Crippen molar-refractivity contribution >= 4 is 6.08 Å². The van der Waals surface area contributed by atoms with Crippen LogP contribution in [0.5, 0.6) is 5.75 Å². The van der Waals surface area contributed by atoms with Crippen LogP contribution in [0.3, 0.4) is 0 Å².